The Kier molecular flexibility index (Phi) is 4.31. The number of nitrogens with two attached hydrogens (primary N) is 1. The summed E-state index contributed by atoms with van der Waals surface area (Å²) in [6.45, 7) is 3.85. The van der Waals surface area contributed by atoms with Gasteiger partial charge >= 0.3 is 0 Å². The maximum absolute atomic E-state index is 11.5. The summed E-state index contributed by atoms with van der Waals surface area (Å²) in [4.78, 5) is 11.5. The van der Waals surface area contributed by atoms with Gasteiger partial charge in [0.1, 0.15) is 0 Å². The van der Waals surface area contributed by atoms with E-state index in [9.17, 15) is 4.79 Å². The molecule has 0 fully saturated rings. The highest BCUT2D eigenvalue weighted by Crippen LogP contribution is 2.01. The van der Waals surface area contributed by atoms with E-state index in [1.54, 1.807) is 0 Å². The van der Waals surface area contributed by atoms with Crippen LogP contribution in [-0.2, 0) is 11.2 Å². The van der Waals surface area contributed by atoms with Crippen LogP contribution in [0, 0.1) is 0 Å². The van der Waals surface area contributed by atoms with Gasteiger partial charge in [-0.3, -0.25) is 4.79 Å². The molecule has 0 aliphatic rings. The maximum atomic E-state index is 11.5. The average molecular weight is 206 g/mol. The lowest BCUT2D eigenvalue weighted by molar-refractivity contribution is -0.122. The summed E-state index contributed by atoms with van der Waals surface area (Å²) in [6, 6.07) is 9.47. The van der Waals surface area contributed by atoms with Crippen molar-refractivity contribution in [2.45, 2.75) is 32.4 Å². The third-order valence-corrected chi connectivity index (χ3v) is 2.07. The molecule has 15 heavy (non-hydrogen) atoms. The SMILES string of the molecule is CC(C)NC(=O)[C@@H](N)Cc1ccccc1. The lowest BCUT2D eigenvalue weighted by atomic mass is 10.1. The van der Waals surface area contributed by atoms with E-state index in [0.29, 0.717) is 6.42 Å². The number of hydrogen-bond donors (Lipinski definition) is 2. The lowest BCUT2D eigenvalue weighted by Crippen LogP contribution is -2.44. The van der Waals surface area contributed by atoms with Crippen molar-refractivity contribution in [3.8, 4) is 0 Å². The molecule has 0 aliphatic heterocycles. The van der Waals surface area contributed by atoms with E-state index >= 15 is 0 Å². The lowest BCUT2D eigenvalue weighted by Gasteiger charge is -2.14. The number of rotatable bonds is 4. The van der Waals surface area contributed by atoms with E-state index in [4.69, 9.17) is 5.73 Å². The molecule has 0 unspecified atom stereocenters. The van der Waals surface area contributed by atoms with Crippen LogP contribution in [0.2, 0.25) is 0 Å². The summed E-state index contributed by atoms with van der Waals surface area (Å²) < 4.78 is 0. The van der Waals surface area contributed by atoms with Crippen molar-refractivity contribution in [2.75, 3.05) is 0 Å². The van der Waals surface area contributed by atoms with E-state index < -0.39 is 6.04 Å². The van der Waals surface area contributed by atoms with E-state index in [1.807, 2.05) is 44.2 Å². The van der Waals surface area contributed by atoms with Gasteiger partial charge in [0.25, 0.3) is 0 Å². The minimum absolute atomic E-state index is 0.0890. The van der Waals surface area contributed by atoms with Gasteiger partial charge in [-0.1, -0.05) is 30.3 Å². The third-order valence-electron chi connectivity index (χ3n) is 2.07. The molecule has 0 saturated carbocycles. The molecule has 1 aromatic rings. The van der Waals surface area contributed by atoms with Crippen LogP contribution in [0.25, 0.3) is 0 Å². The predicted molar refractivity (Wildman–Crippen MR) is 61.4 cm³/mol. The molecule has 1 aromatic carbocycles. The molecule has 3 heteroatoms. The number of hydrogen-bond acceptors (Lipinski definition) is 2. The van der Waals surface area contributed by atoms with Crippen LogP contribution < -0.4 is 11.1 Å². The molecule has 0 spiro atoms. The van der Waals surface area contributed by atoms with Gasteiger partial charge in [-0.25, -0.2) is 0 Å². The van der Waals surface area contributed by atoms with Crippen LogP contribution in [0.15, 0.2) is 30.3 Å². The van der Waals surface area contributed by atoms with Gasteiger partial charge < -0.3 is 11.1 Å². The van der Waals surface area contributed by atoms with Gasteiger partial charge in [-0.05, 0) is 25.8 Å². The van der Waals surface area contributed by atoms with E-state index in [1.165, 1.54) is 0 Å². The molecule has 0 heterocycles. The van der Waals surface area contributed by atoms with Crippen molar-refractivity contribution in [3.05, 3.63) is 35.9 Å². The summed E-state index contributed by atoms with van der Waals surface area (Å²) in [5, 5.41) is 2.80. The molecular formula is C12H18N2O. The summed E-state index contributed by atoms with van der Waals surface area (Å²) >= 11 is 0. The Morgan fingerprint density at radius 1 is 1.33 bits per heavy atom. The first-order valence-corrected chi connectivity index (χ1v) is 5.19. The largest absolute Gasteiger partial charge is 0.353 e. The fourth-order valence-corrected chi connectivity index (χ4v) is 1.35. The highest BCUT2D eigenvalue weighted by Gasteiger charge is 2.14. The Morgan fingerprint density at radius 2 is 1.93 bits per heavy atom. The first kappa shape index (κ1) is 11.7. The monoisotopic (exact) mass is 206 g/mol. The zero-order valence-corrected chi connectivity index (χ0v) is 9.23. The van der Waals surface area contributed by atoms with Crippen molar-refractivity contribution in [1.82, 2.24) is 5.32 Å². The summed E-state index contributed by atoms with van der Waals surface area (Å²) in [6.07, 6.45) is 0.583. The van der Waals surface area contributed by atoms with E-state index in [0.717, 1.165) is 5.56 Å². The first-order valence-electron chi connectivity index (χ1n) is 5.19. The second-order valence-corrected chi connectivity index (χ2v) is 3.96. The van der Waals surface area contributed by atoms with Crippen molar-refractivity contribution in [3.63, 3.8) is 0 Å². The van der Waals surface area contributed by atoms with Crippen molar-refractivity contribution in [1.29, 1.82) is 0 Å². The first-order chi connectivity index (χ1) is 7.09. The molecule has 1 atom stereocenters. The molecule has 1 rings (SSSR count). The Morgan fingerprint density at radius 3 is 2.47 bits per heavy atom. The fourth-order valence-electron chi connectivity index (χ4n) is 1.35. The normalized spacial score (nSPS) is 12.5. The topological polar surface area (TPSA) is 55.1 Å². The van der Waals surface area contributed by atoms with Gasteiger partial charge in [0.05, 0.1) is 6.04 Å². The Balaban J connectivity index is 2.49. The molecule has 0 aliphatic carbocycles. The van der Waals surface area contributed by atoms with Gasteiger partial charge in [-0.2, -0.15) is 0 Å². The molecule has 0 aromatic heterocycles. The maximum Gasteiger partial charge on any atom is 0.237 e. The van der Waals surface area contributed by atoms with Crippen LogP contribution in [0.4, 0.5) is 0 Å². The molecule has 1 amide bonds. The van der Waals surface area contributed by atoms with Gasteiger partial charge in [0.2, 0.25) is 5.91 Å². The molecule has 3 N–H and O–H groups in total. The van der Waals surface area contributed by atoms with Gasteiger partial charge in [0.15, 0.2) is 0 Å². The summed E-state index contributed by atoms with van der Waals surface area (Å²) in [5.41, 5.74) is 6.87. The smallest absolute Gasteiger partial charge is 0.237 e. The van der Waals surface area contributed by atoms with Crippen LogP contribution in [0.1, 0.15) is 19.4 Å². The molecule has 0 saturated heterocycles. The number of amides is 1. The van der Waals surface area contributed by atoms with Crippen molar-refractivity contribution < 1.29 is 4.79 Å². The molecule has 0 bridgehead atoms. The second-order valence-electron chi connectivity index (χ2n) is 3.96. The molecule has 0 radical (unpaired) electrons. The standard InChI is InChI=1S/C12H18N2O/c1-9(2)14-12(15)11(13)8-10-6-4-3-5-7-10/h3-7,9,11H,8,13H2,1-2H3,(H,14,15)/t11-/m0/s1. The Hall–Kier alpha value is -1.35. The zero-order valence-electron chi connectivity index (χ0n) is 9.23. The minimum atomic E-state index is -0.463. The fraction of sp³-hybridized carbons (Fsp3) is 0.417. The Bertz CT molecular complexity index is 309. The zero-order chi connectivity index (χ0) is 11.3. The van der Waals surface area contributed by atoms with Crippen LogP contribution in [0.5, 0.6) is 0 Å². The number of benzene rings is 1. The van der Waals surface area contributed by atoms with Gasteiger partial charge in [0, 0.05) is 6.04 Å². The van der Waals surface area contributed by atoms with Crippen LogP contribution in [-0.4, -0.2) is 18.0 Å². The molecular weight excluding hydrogens is 188 g/mol. The quantitative estimate of drug-likeness (QED) is 0.774. The third kappa shape index (κ3) is 4.13. The number of carbonyl (C=O) groups excluding carboxylic acids is 1. The summed E-state index contributed by atoms with van der Waals surface area (Å²) in [5.74, 6) is -0.0890. The average Bonchev–Trinajstić information content (AvgIpc) is 2.18. The van der Waals surface area contributed by atoms with E-state index in [-0.39, 0.29) is 11.9 Å². The predicted octanol–water partition coefficient (Wildman–Crippen LogP) is 1.08. The number of nitrogens with one attached hydrogen (secondary N) is 1. The second kappa shape index (κ2) is 5.51. The molecule has 82 valence electrons. The highest BCUT2D eigenvalue weighted by molar-refractivity contribution is 5.82. The number of carbonyl (C=O) groups is 1. The van der Waals surface area contributed by atoms with E-state index in [2.05, 4.69) is 5.32 Å². The summed E-state index contributed by atoms with van der Waals surface area (Å²) in [7, 11) is 0. The van der Waals surface area contributed by atoms with Gasteiger partial charge in [-0.15, -0.1) is 0 Å². The van der Waals surface area contributed by atoms with Crippen molar-refractivity contribution >= 4 is 5.91 Å². The van der Waals surface area contributed by atoms with Crippen LogP contribution >= 0.6 is 0 Å². The Labute approximate surface area is 90.7 Å². The van der Waals surface area contributed by atoms with Crippen LogP contribution in [0.3, 0.4) is 0 Å². The minimum Gasteiger partial charge on any atom is -0.353 e. The molecule has 3 nitrogen and oxygen atoms in total. The highest BCUT2D eigenvalue weighted by atomic mass is 16.2. The van der Waals surface area contributed by atoms with Crippen molar-refractivity contribution in [2.24, 2.45) is 5.73 Å².